The number of pyridine rings is 1. The molecular formula is C17H20N4O3. The summed E-state index contributed by atoms with van der Waals surface area (Å²) >= 11 is 0. The van der Waals surface area contributed by atoms with Crippen LogP contribution in [-0.2, 0) is 23.1 Å². The number of aliphatic carboxylic acids is 1. The van der Waals surface area contributed by atoms with Gasteiger partial charge in [-0.05, 0) is 24.5 Å². The van der Waals surface area contributed by atoms with Gasteiger partial charge in [0.25, 0.3) is 0 Å². The summed E-state index contributed by atoms with van der Waals surface area (Å²) in [5.74, 6) is -1.49. The van der Waals surface area contributed by atoms with Crippen LogP contribution in [0.4, 0.5) is 0 Å². The highest BCUT2D eigenvalue weighted by atomic mass is 16.4. The first-order valence-electron chi connectivity index (χ1n) is 7.96. The van der Waals surface area contributed by atoms with E-state index >= 15 is 0 Å². The van der Waals surface area contributed by atoms with Crippen molar-refractivity contribution in [1.29, 1.82) is 0 Å². The van der Waals surface area contributed by atoms with Gasteiger partial charge < -0.3 is 10.0 Å². The van der Waals surface area contributed by atoms with Gasteiger partial charge >= 0.3 is 5.97 Å². The van der Waals surface area contributed by atoms with Gasteiger partial charge in [-0.15, -0.1) is 0 Å². The number of piperidine rings is 1. The smallest absolute Gasteiger partial charge is 0.308 e. The van der Waals surface area contributed by atoms with Crippen LogP contribution in [0.3, 0.4) is 0 Å². The standard InChI is InChI=1S/C17H20N4O3/c1-20-11-13(10-19-20)16-14(17(23)24)4-5-15(22)21(16)8-6-12-3-2-7-18-9-12/h2-3,7,9-11,14,16H,4-6,8H2,1H3,(H,23,24)/t14-,16-/m1/s1. The zero-order chi connectivity index (χ0) is 17.1. The Bertz CT molecular complexity index is 728. The number of rotatable bonds is 5. The largest absolute Gasteiger partial charge is 0.481 e. The van der Waals surface area contributed by atoms with Crippen molar-refractivity contribution >= 4 is 11.9 Å². The number of aromatic nitrogens is 3. The highest BCUT2D eigenvalue weighted by molar-refractivity contribution is 5.81. The molecule has 2 aromatic rings. The van der Waals surface area contributed by atoms with Gasteiger partial charge in [-0.2, -0.15) is 5.10 Å². The molecule has 1 aliphatic heterocycles. The van der Waals surface area contributed by atoms with Gasteiger partial charge in [0.15, 0.2) is 0 Å². The molecule has 0 spiro atoms. The topological polar surface area (TPSA) is 88.3 Å². The molecule has 3 rings (SSSR count). The summed E-state index contributed by atoms with van der Waals surface area (Å²) in [4.78, 5) is 29.9. The summed E-state index contributed by atoms with van der Waals surface area (Å²) in [5, 5.41) is 13.7. The fourth-order valence-electron chi connectivity index (χ4n) is 3.28. The first-order valence-corrected chi connectivity index (χ1v) is 7.96. The molecule has 2 atom stereocenters. The zero-order valence-corrected chi connectivity index (χ0v) is 13.5. The van der Waals surface area contributed by atoms with Crippen LogP contribution in [0.25, 0.3) is 0 Å². The molecule has 1 aliphatic rings. The number of carbonyl (C=O) groups is 2. The average Bonchev–Trinajstić information content (AvgIpc) is 3.00. The molecule has 3 heterocycles. The number of hydrogen-bond donors (Lipinski definition) is 1. The minimum Gasteiger partial charge on any atom is -0.481 e. The number of amides is 1. The molecule has 0 aromatic carbocycles. The fraction of sp³-hybridized carbons (Fsp3) is 0.412. The zero-order valence-electron chi connectivity index (χ0n) is 13.5. The lowest BCUT2D eigenvalue weighted by Crippen LogP contribution is -2.46. The highest BCUT2D eigenvalue weighted by Gasteiger charge is 2.41. The summed E-state index contributed by atoms with van der Waals surface area (Å²) < 4.78 is 1.63. The number of carboxylic acid groups (broad SMARTS) is 1. The van der Waals surface area contributed by atoms with E-state index in [9.17, 15) is 14.7 Å². The van der Waals surface area contributed by atoms with Gasteiger partial charge in [-0.3, -0.25) is 19.3 Å². The average molecular weight is 328 g/mol. The Morgan fingerprint density at radius 2 is 2.25 bits per heavy atom. The van der Waals surface area contributed by atoms with Crippen molar-refractivity contribution in [2.45, 2.75) is 25.3 Å². The Labute approximate surface area is 139 Å². The molecule has 1 saturated heterocycles. The predicted octanol–water partition coefficient (Wildman–Crippen LogP) is 1.42. The summed E-state index contributed by atoms with van der Waals surface area (Å²) in [6, 6.07) is 3.33. The molecule has 1 N–H and O–H groups in total. The third kappa shape index (κ3) is 3.29. The van der Waals surface area contributed by atoms with Gasteiger partial charge in [0.05, 0.1) is 18.2 Å². The van der Waals surface area contributed by atoms with Crippen LogP contribution in [-0.4, -0.2) is 43.2 Å². The Kier molecular flexibility index (Phi) is 4.59. The van der Waals surface area contributed by atoms with Crippen LogP contribution in [0.2, 0.25) is 0 Å². The van der Waals surface area contributed by atoms with Crippen LogP contribution < -0.4 is 0 Å². The van der Waals surface area contributed by atoms with Gasteiger partial charge in [-0.25, -0.2) is 0 Å². The van der Waals surface area contributed by atoms with Crippen molar-refractivity contribution in [3.63, 3.8) is 0 Å². The minimum absolute atomic E-state index is 0.00903. The Balaban J connectivity index is 1.86. The van der Waals surface area contributed by atoms with Crippen molar-refractivity contribution in [2.24, 2.45) is 13.0 Å². The van der Waals surface area contributed by atoms with Crippen LogP contribution in [0.5, 0.6) is 0 Å². The molecular weight excluding hydrogens is 308 g/mol. The maximum absolute atomic E-state index is 12.5. The normalized spacial score (nSPS) is 21.0. The van der Waals surface area contributed by atoms with Crippen LogP contribution in [0.1, 0.15) is 30.0 Å². The minimum atomic E-state index is -0.872. The lowest BCUT2D eigenvalue weighted by Gasteiger charge is -2.39. The SMILES string of the molecule is Cn1cc([C@@H]2[C@H](C(=O)O)CCC(=O)N2CCc2cccnc2)cn1. The molecule has 126 valence electrons. The van der Waals surface area contributed by atoms with E-state index in [0.29, 0.717) is 19.4 Å². The number of likely N-dealkylation sites (tertiary alicyclic amines) is 1. The van der Waals surface area contributed by atoms with Crippen LogP contribution >= 0.6 is 0 Å². The van der Waals surface area contributed by atoms with E-state index in [1.165, 1.54) is 0 Å². The quantitative estimate of drug-likeness (QED) is 0.897. The molecule has 0 aliphatic carbocycles. The molecule has 7 nitrogen and oxygen atoms in total. The summed E-state index contributed by atoms with van der Waals surface area (Å²) in [6.45, 7) is 0.466. The first kappa shape index (κ1) is 16.2. The Morgan fingerprint density at radius 3 is 2.88 bits per heavy atom. The number of nitrogens with zero attached hydrogens (tertiary/aromatic N) is 4. The van der Waals surface area contributed by atoms with E-state index in [2.05, 4.69) is 10.1 Å². The van der Waals surface area contributed by atoms with Crippen LogP contribution in [0, 0.1) is 5.92 Å². The van der Waals surface area contributed by atoms with Crippen LogP contribution in [0.15, 0.2) is 36.9 Å². The van der Waals surface area contributed by atoms with Gasteiger partial charge in [0.2, 0.25) is 5.91 Å². The third-order valence-corrected chi connectivity index (χ3v) is 4.45. The number of carbonyl (C=O) groups excluding carboxylic acids is 1. The lowest BCUT2D eigenvalue weighted by molar-refractivity contribution is -0.152. The van der Waals surface area contributed by atoms with E-state index in [1.807, 2.05) is 12.1 Å². The van der Waals surface area contributed by atoms with Crippen molar-refractivity contribution in [3.05, 3.63) is 48.0 Å². The summed E-state index contributed by atoms with van der Waals surface area (Å²) in [5.41, 5.74) is 1.79. The van der Waals surface area contributed by atoms with E-state index in [4.69, 9.17) is 0 Å². The summed E-state index contributed by atoms with van der Waals surface area (Å²) in [7, 11) is 1.78. The molecule has 1 fully saturated rings. The van der Waals surface area contributed by atoms with E-state index in [-0.39, 0.29) is 12.3 Å². The van der Waals surface area contributed by atoms with E-state index < -0.39 is 17.9 Å². The molecule has 24 heavy (non-hydrogen) atoms. The Hall–Kier alpha value is -2.70. The van der Waals surface area contributed by atoms with Gasteiger partial charge in [-0.1, -0.05) is 6.07 Å². The van der Waals surface area contributed by atoms with Crippen molar-refractivity contribution < 1.29 is 14.7 Å². The second-order valence-electron chi connectivity index (χ2n) is 6.07. The molecule has 1 amide bonds. The Morgan fingerprint density at radius 1 is 1.42 bits per heavy atom. The van der Waals surface area contributed by atoms with Crippen molar-refractivity contribution in [2.75, 3.05) is 6.54 Å². The van der Waals surface area contributed by atoms with Gasteiger partial charge in [0, 0.05) is 44.2 Å². The van der Waals surface area contributed by atoms with Gasteiger partial charge in [0.1, 0.15) is 0 Å². The predicted molar refractivity (Wildman–Crippen MR) is 86.0 cm³/mol. The molecule has 0 bridgehead atoms. The second kappa shape index (κ2) is 6.82. The maximum atomic E-state index is 12.5. The monoisotopic (exact) mass is 328 g/mol. The van der Waals surface area contributed by atoms with E-state index in [1.54, 1.807) is 41.4 Å². The maximum Gasteiger partial charge on any atom is 0.308 e. The number of aryl methyl sites for hydroxylation is 1. The van der Waals surface area contributed by atoms with E-state index in [0.717, 1.165) is 11.1 Å². The number of hydrogen-bond acceptors (Lipinski definition) is 4. The fourth-order valence-corrected chi connectivity index (χ4v) is 3.28. The molecule has 0 unspecified atom stereocenters. The third-order valence-electron chi connectivity index (χ3n) is 4.45. The molecule has 7 heteroatoms. The summed E-state index contributed by atoms with van der Waals surface area (Å²) in [6.07, 6.45) is 8.17. The first-order chi connectivity index (χ1) is 11.6. The highest BCUT2D eigenvalue weighted by Crippen LogP contribution is 2.36. The van der Waals surface area contributed by atoms with Crippen molar-refractivity contribution in [3.8, 4) is 0 Å². The molecule has 0 radical (unpaired) electrons. The lowest BCUT2D eigenvalue weighted by atomic mass is 9.85. The number of carboxylic acids is 1. The van der Waals surface area contributed by atoms with Crippen molar-refractivity contribution in [1.82, 2.24) is 19.7 Å². The molecule has 2 aromatic heterocycles. The molecule has 0 saturated carbocycles. The second-order valence-corrected chi connectivity index (χ2v) is 6.07.